The van der Waals surface area contributed by atoms with Crippen LogP contribution in [-0.2, 0) is 19.1 Å². The minimum absolute atomic E-state index is 0.0368. The van der Waals surface area contributed by atoms with Gasteiger partial charge < -0.3 is 14.6 Å². The molecule has 5 nitrogen and oxygen atoms in total. The molecule has 0 aromatic carbocycles. The summed E-state index contributed by atoms with van der Waals surface area (Å²) in [7, 11) is 0. The van der Waals surface area contributed by atoms with E-state index in [4.69, 9.17) is 9.47 Å². The molecule has 3 aliphatic rings. The Kier molecular flexibility index (Phi) is 4.50. The highest BCUT2D eigenvalue weighted by molar-refractivity contribution is 5.95. The van der Waals surface area contributed by atoms with Gasteiger partial charge in [-0.15, -0.1) is 0 Å². The van der Waals surface area contributed by atoms with Crippen LogP contribution in [0.3, 0.4) is 0 Å². The first-order valence-corrected chi connectivity index (χ1v) is 8.81. The van der Waals surface area contributed by atoms with Crippen LogP contribution < -0.4 is 0 Å². The van der Waals surface area contributed by atoms with E-state index >= 15 is 0 Å². The molecule has 1 N–H and O–H groups in total. The second-order valence-electron chi connectivity index (χ2n) is 7.86. The lowest BCUT2D eigenvalue weighted by atomic mass is 9.84. The summed E-state index contributed by atoms with van der Waals surface area (Å²) in [4.78, 5) is 24.7. The molecule has 0 spiro atoms. The van der Waals surface area contributed by atoms with E-state index in [0.717, 1.165) is 5.57 Å². The molecule has 2 heterocycles. The Balaban J connectivity index is 1.89. The largest absolute Gasteiger partial charge is 0.454 e. The van der Waals surface area contributed by atoms with Gasteiger partial charge in [-0.25, -0.2) is 4.79 Å². The van der Waals surface area contributed by atoms with E-state index in [9.17, 15) is 14.7 Å². The molecule has 136 valence electrons. The Morgan fingerprint density at radius 1 is 1.32 bits per heavy atom. The van der Waals surface area contributed by atoms with Gasteiger partial charge in [-0.1, -0.05) is 24.3 Å². The molecule has 1 aliphatic carbocycles. The van der Waals surface area contributed by atoms with Gasteiger partial charge >= 0.3 is 5.97 Å². The van der Waals surface area contributed by atoms with Crippen LogP contribution in [0.1, 0.15) is 46.5 Å². The van der Waals surface area contributed by atoms with E-state index in [-0.39, 0.29) is 24.2 Å². The lowest BCUT2D eigenvalue weighted by Gasteiger charge is -2.20. The summed E-state index contributed by atoms with van der Waals surface area (Å²) >= 11 is 0. The summed E-state index contributed by atoms with van der Waals surface area (Å²) in [6, 6.07) is 0. The Morgan fingerprint density at radius 2 is 2.04 bits per heavy atom. The summed E-state index contributed by atoms with van der Waals surface area (Å²) in [5.41, 5.74) is -0.398. The molecule has 2 saturated heterocycles. The predicted molar refractivity (Wildman–Crippen MR) is 92.8 cm³/mol. The van der Waals surface area contributed by atoms with Crippen molar-refractivity contribution in [1.82, 2.24) is 0 Å². The molecule has 2 fully saturated rings. The second kappa shape index (κ2) is 6.22. The van der Waals surface area contributed by atoms with Gasteiger partial charge in [-0.05, 0) is 46.1 Å². The lowest BCUT2D eigenvalue weighted by Crippen LogP contribution is -2.30. The van der Waals surface area contributed by atoms with E-state index in [1.165, 1.54) is 0 Å². The first-order valence-electron chi connectivity index (χ1n) is 8.81. The predicted octanol–water partition coefficient (Wildman–Crippen LogP) is 2.64. The van der Waals surface area contributed by atoms with Crippen molar-refractivity contribution in [3.05, 3.63) is 36.0 Å². The standard InChI is InChI=1S/C20H26O5/c1-12-6-5-8-19(3,23)9-7-17-20(4,25-17)16(21)11-14-13(2)18(22)24-15(14)10-12/h5,8,10,14-15,17,23H,2,6-7,9,11H2,1,3-4H3/b8-5+,12-10+. The zero-order chi connectivity index (χ0) is 18.4. The number of rotatable bonds is 0. The number of ketones is 1. The fraction of sp³-hybridized carbons (Fsp3) is 0.600. The minimum Gasteiger partial charge on any atom is -0.454 e. The first-order chi connectivity index (χ1) is 11.6. The Labute approximate surface area is 148 Å². The monoisotopic (exact) mass is 346 g/mol. The molecular weight excluding hydrogens is 320 g/mol. The lowest BCUT2D eigenvalue weighted by molar-refractivity contribution is -0.137. The van der Waals surface area contributed by atoms with Gasteiger partial charge in [0.2, 0.25) is 0 Å². The van der Waals surface area contributed by atoms with E-state index in [1.807, 2.05) is 19.1 Å². The quantitative estimate of drug-likeness (QED) is 0.316. The number of fused-ring (bicyclic) bond motifs is 2. The van der Waals surface area contributed by atoms with Crippen molar-refractivity contribution >= 4 is 11.8 Å². The van der Waals surface area contributed by atoms with Crippen molar-refractivity contribution in [2.45, 2.75) is 69.9 Å². The van der Waals surface area contributed by atoms with E-state index in [0.29, 0.717) is 24.8 Å². The maximum absolute atomic E-state index is 12.8. The number of epoxide rings is 1. The van der Waals surface area contributed by atoms with Gasteiger partial charge in [-0.2, -0.15) is 0 Å². The van der Waals surface area contributed by atoms with Crippen LogP contribution in [0.25, 0.3) is 0 Å². The van der Waals surface area contributed by atoms with E-state index < -0.39 is 23.3 Å². The average Bonchev–Trinajstić information content (AvgIpc) is 3.13. The summed E-state index contributed by atoms with van der Waals surface area (Å²) in [5.74, 6) is -0.815. The van der Waals surface area contributed by atoms with Crippen LogP contribution in [0.4, 0.5) is 0 Å². The van der Waals surface area contributed by atoms with Gasteiger partial charge in [0, 0.05) is 17.9 Å². The molecule has 5 atom stereocenters. The fourth-order valence-corrected chi connectivity index (χ4v) is 3.62. The Hall–Kier alpha value is -1.72. The van der Waals surface area contributed by atoms with Crippen LogP contribution in [0.5, 0.6) is 0 Å². The van der Waals surface area contributed by atoms with Gasteiger partial charge in [0.25, 0.3) is 0 Å². The number of hydrogen-bond donors (Lipinski definition) is 1. The third kappa shape index (κ3) is 3.62. The number of carbonyl (C=O) groups is 2. The smallest absolute Gasteiger partial charge is 0.334 e. The topological polar surface area (TPSA) is 76.1 Å². The highest BCUT2D eigenvalue weighted by Gasteiger charge is 2.58. The number of aliphatic hydroxyl groups is 1. The third-order valence-corrected chi connectivity index (χ3v) is 5.53. The average molecular weight is 346 g/mol. The molecule has 0 amide bonds. The minimum atomic E-state index is -0.934. The van der Waals surface area contributed by atoms with Gasteiger partial charge in [0.15, 0.2) is 5.78 Å². The normalized spacial score (nSPS) is 45.5. The number of ether oxygens (including phenoxy) is 2. The molecule has 5 heteroatoms. The maximum Gasteiger partial charge on any atom is 0.334 e. The number of hydrogen-bond acceptors (Lipinski definition) is 5. The van der Waals surface area contributed by atoms with Crippen molar-refractivity contribution in [3.63, 3.8) is 0 Å². The summed E-state index contributed by atoms with van der Waals surface area (Å²) < 4.78 is 11.1. The molecule has 3 rings (SSSR count). The first kappa shape index (κ1) is 18.1. The molecule has 0 bridgehead atoms. The van der Waals surface area contributed by atoms with Crippen molar-refractivity contribution in [2.24, 2.45) is 5.92 Å². The molecular formula is C20H26O5. The van der Waals surface area contributed by atoms with Gasteiger partial charge in [-0.3, -0.25) is 4.79 Å². The SMILES string of the molecule is C=C1C(=O)OC2/C=C(\C)C/C=C/C(C)(O)CCC3OC3(C)C(=O)CC12. The number of esters is 1. The third-order valence-electron chi connectivity index (χ3n) is 5.53. The molecule has 25 heavy (non-hydrogen) atoms. The van der Waals surface area contributed by atoms with Crippen LogP contribution in [-0.4, -0.2) is 40.3 Å². The van der Waals surface area contributed by atoms with Crippen molar-refractivity contribution in [1.29, 1.82) is 0 Å². The van der Waals surface area contributed by atoms with Crippen LogP contribution >= 0.6 is 0 Å². The highest BCUT2D eigenvalue weighted by atomic mass is 16.6. The molecule has 5 unspecified atom stereocenters. The summed E-state index contributed by atoms with van der Waals surface area (Å²) in [5, 5.41) is 10.4. The number of carbonyl (C=O) groups excluding carboxylic acids is 2. The zero-order valence-electron chi connectivity index (χ0n) is 15.1. The fourth-order valence-electron chi connectivity index (χ4n) is 3.62. The molecule has 0 aromatic rings. The van der Waals surface area contributed by atoms with Crippen molar-refractivity contribution in [2.75, 3.05) is 0 Å². The van der Waals surface area contributed by atoms with Crippen LogP contribution in [0, 0.1) is 5.92 Å². The second-order valence-corrected chi connectivity index (χ2v) is 7.86. The number of Topliss-reactive ketones (excluding diaryl/α,β-unsaturated/α-hetero) is 1. The van der Waals surface area contributed by atoms with Crippen molar-refractivity contribution < 1.29 is 24.2 Å². The maximum atomic E-state index is 12.8. The molecule has 2 aliphatic heterocycles. The molecule has 0 aromatic heterocycles. The number of allylic oxidation sites excluding steroid dienone is 2. The van der Waals surface area contributed by atoms with E-state index in [1.54, 1.807) is 19.9 Å². The Morgan fingerprint density at radius 3 is 2.76 bits per heavy atom. The Bertz CT molecular complexity index is 672. The summed E-state index contributed by atoms with van der Waals surface area (Å²) in [6.07, 6.45) is 6.90. The van der Waals surface area contributed by atoms with Crippen molar-refractivity contribution in [3.8, 4) is 0 Å². The van der Waals surface area contributed by atoms with Gasteiger partial charge in [0.05, 0.1) is 11.7 Å². The van der Waals surface area contributed by atoms with E-state index in [2.05, 4.69) is 6.58 Å². The van der Waals surface area contributed by atoms with Crippen LogP contribution in [0.2, 0.25) is 0 Å². The van der Waals surface area contributed by atoms with Crippen LogP contribution in [0.15, 0.2) is 36.0 Å². The molecule has 0 saturated carbocycles. The summed E-state index contributed by atoms with van der Waals surface area (Å²) in [6.45, 7) is 9.31. The highest BCUT2D eigenvalue weighted by Crippen LogP contribution is 2.44. The molecule has 0 radical (unpaired) electrons. The van der Waals surface area contributed by atoms with Gasteiger partial charge in [0.1, 0.15) is 11.7 Å². The zero-order valence-corrected chi connectivity index (χ0v) is 15.1.